The molecular formula is C21H22N4O. The van der Waals surface area contributed by atoms with E-state index in [-0.39, 0.29) is 5.54 Å². The minimum absolute atomic E-state index is 0.123. The molecular weight excluding hydrogens is 324 g/mol. The first-order valence-electron chi connectivity index (χ1n) is 8.65. The molecule has 0 aliphatic heterocycles. The molecule has 1 aromatic carbocycles. The first-order chi connectivity index (χ1) is 12.4. The Morgan fingerprint density at radius 1 is 1.08 bits per heavy atom. The van der Waals surface area contributed by atoms with Crippen LogP contribution in [0.15, 0.2) is 59.4 Å². The fourth-order valence-corrected chi connectivity index (χ4v) is 2.90. The van der Waals surface area contributed by atoms with Gasteiger partial charge in [0.15, 0.2) is 5.58 Å². The summed E-state index contributed by atoms with van der Waals surface area (Å²) in [7, 11) is 2.01. The molecule has 26 heavy (non-hydrogen) atoms. The molecule has 132 valence electrons. The molecule has 5 heteroatoms. The highest BCUT2D eigenvalue weighted by Gasteiger charge is 2.19. The van der Waals surface area contributed by atoms with Crippen LogP contribution in [-0.2, 0) is 7.05 Å². The molecule has 0 radical (unpaired) electrons. The van der Waals surface area contributed by atoms with E-state index in [9.17, 15) is 0 Å². The predicted octanol–water partition coefficient (Wildman–Crippen LogP) is 5.11. The van der Waals surface area contributed by atoms with Crippen LogP contribution in [0.5, 0.6) is 0 Å². The van der Waals surface area contributed by atoms with E-state index in [0.717, 1.165) is 33.6 Å². The Morgan fingerprint density at radius 3 is 2.58 bits per heavy atom. The maximum Gasteiger partial charge on any atom is 0.231 e. The molecule has 1 N–H and O–H groups in total. The molecule has 0 unspecified atom stereocenters. The van der Waals surface area contributed by atoms with Crippen molar-refractivity contribution in [3.63, 3.8) is 0 Å². The number of rotatable bonds is 3. The van der Waals surface area contributed by atoms with Crippen molar-refractivity contribution >= 4 is 16.9 Å². The molecule has 5 nitrogen and oxygen atoms in total. The summed E-state index contributed by atoms with van der Waals surface area (Å²) in [5.74, 6) is 1.34. The average molecular weight is 346 g/mol. The Hall–Kier alpha value is -3.08. The van der Waals surface area contributed by atoms with Gasteiger partial charge in [0.2, 0.25) is 5.89 Å². The zero-order valence-electron chi connectivity index (χ0n) is 15.4. The third kappa shape index (κ3) is 3.20. The van der Waals surface area contributed by atoms with Crippen molar-refractivity contribution in [1.82, 2.24) is 14.5 Å². The number of fused-ring (bicyclic) bond motifs is 1. The SMILES string of the molecule is Cn1ccc(-c2cnc(NC(C)(C)C)c(-c3nc4ccccc4o3)c2)c1. The quantitative estimate of drug-likeness (QED) is 0.560. The van der Waals surface area contributed by atoms with E-state index in [1.54, 1.807) is 0 Å². The second kappa shape index (κ2) is 6.02. The van der Waals surface area contributed by atoms with Crippen LogP contribution < -0.4 is 5.32 Å². The fourth-order valence-electron chi connectivity index (χ4n) is 2.90. The zero-order valence-corrected chi connectivity index (χ0v) is 15.4. The highest BCUT2D eigenvalue weighted by atomic mass is 16.3. The molecule has 0 aliphatic carbocycles. The minimum atomic E-state index is -0.123. The lowest BCUT2D eigenvalue weighted by atomic mass is 10.1. The van der Waals surface area contributed by atoms with Crippen molar-refractivity contribution in [3.8, 4) is 22.6 Å². The van der Waals surface area contributed by atoms with Gasteiger partial charge in [0.1, 0.15) is 11.3 Å². The van der Waals surface area contributed by atoms with Gasteiger partial charge in [0.05, 0.1) is 5.56 Å². The minimum Gasteiger partial charge on any atom is -0.436 e. The summed E-state index contributed by atoms with van der Waals surface area (Å²) in [5.41, 5.74) is 4.49. The summed E-state index contributed by atoms with van der Waals surface area (Å²) in [6, 6.07) is 11.9. The summed E-state index contributed by atoms with van der Waals surface area (Å²) in [4.78, 5) is 9.34. The van der Waals surface area contributed by atoms with Crippen molar-refractivity contribution in [1.29, 1.82) is 0 Å². The van der Waals surface area contributed by atoms with E-state index in [4.69, 9.17) is 4.42 Å². The van der Waals surface area contributed by atoms with E-state index >= 15 is 0 Å². The van der Waals surface area contributed by atoms with Crippen LogP contribution in [0, 0.1) is 0 Å². The number of aromatic nitrogens is 3. The molecule has 4 aromatic rings. The number of nitrogens with zero attached hydrogens (tertiary/aromatic N) is 3. The van der Waals surface area contributed by atoms with Crippen LogP contribution in [-0.4, -0.2) is 20.1 Å². The smallest absolute Gasteiger partial charge is 0.231 e. The molecule has 0 fully saturated rings. The zero-order chi connectivity index (χ0) is 18.3. The number of hydrogen-bond acceptors (Lipinski definition) is 4. The van der Waals surface area contributed by atoms with Crippen LogP contribution in [0.1, 0.15) is 20.8 Å². The molecule has 0 atom stereocenters. The van der Waals surface area contributed by atoms with Crippen molar-refractivity contribution in [3.05, 3.63) is 55.0 Å². The second-order valence-electron chi connectivity index (χ2n) is 7.55. The Morgan fingerprint density at radius 2 is 1.88 bits per heavy atom. The van der Waals surface area contributed by atoms with Gasteiger partial charge in [-0.15, -0.1) is 0 Å². The molecule has 4 rings (SSSR count). The monoisotopic (exact) mass is 346 g/mol. The Bertz CT molecular complexity index is 1040. The summed E-state index contributed by atoms with van der Waals surface area (Å²) in [6.45, 7) is 6.32. The number of nitrogens with one attached hydrogen (secondary N) is 1. The second-order valence-corrected chi connectivity index (χ2v) is 7.55. The van der Waals surface area contributed by atoms with E-state index in [2.05, 4.69) is 54.4 Å². The lowest BCUT2D eigenvalue weighted by Gasteiger charge is -2.22. The van der Waals surface area contributed by atoms with E-state index in [1.807, 2.05) is 48.3 Å². The van der Waals surface area contributed by atoms with E-state index < -0.39 is 0 Å². The summed E-state index contributed by atoms with van der Waals surface area (Å²) in [5, 5.41) is 3.46. The fraction of sp³-hybridized carbons (Fsp3) is 0.238. The number of benzene rings is 1. The molecule has 0 aliphatic rings. The summed E-state index contributed by atoms with van der Waals surface area (Å²) in [6.07, 6.45) is 5.98. The number of anilines is 1. The van der Waals surface area contributed by atoms with Gasteiger partial charge in [0.25, 0.3) is 0 Å². The van der Waals surface area contributed by atoms with Crippen molar-refractivity contribution in [2.24, 2.45) is 7.05 Å². The molecule has 0 amide bonds. The number of aryl methyl sites for hydroxylation is 1. The van der Waals surface area contributed by atoms with Crippen molar-refractivity contribution < 1.29 is 4.42 Å². The maximum absolute atomic E-state index is 6.01. The number of para-hydroxylation sites is 2. The first kappa shape index (κ1) is 16.4. The van der Waals surface area contributed by atoms with Crippen LogP contribution in [0.2, 0.25) is 0 Å². The molecule has 0 spiro atoms. The normalized spacial score (nSPS) is 11.8. The number of hydrogen-bond donors (Lipinski definition) is 1. The predicted molar refractivity (Wildman–Crippen MR) is 105 cm³/mol. The van der Waals surface area contributed by atoms with Gasteiger partial charge < -0.3 is 14.3 Å². The van der Waals surface area contributed by atoms with Gasteiger partial charge in [0, 0.05) is 42.3 Å². The lowest BCUT2D eigenvalue weighted by Crippen LogP contribution is -2.27. The van der Waals surface area contributed by atoms with E-state index in [0.29, 0.717) is 5.89 Å². The van der Waals surface area contributed by atoms with Crippen LogP contribution >= 0.6 is 0 Å². The van der Waals surface area contributed by atoms with Gasteiger partial charge in [-0.05, 0) is 45.0 Å². The number of pyridine rings is 1. The third-order valence-corrected chi connectivity index (χ3v) is 4.07. The van der Waals surface area contributed by atoms with Crippen LogP contribution in [0.25, 0.3) is 33.7 Å². The Balaban J connectivity index is 1.87. The van der Waals surface area contributed by atoms with Gasteiger partial charge in [-0.3, -0.25) is 0 Å². The summed E-state index contributed by atoms with van der Waals surface area (Å²) >= 11 is 0. The van der Waals surface area contributed by atoms with Gasteiger partial charge in [-0.25, -0.2) is 9.97 Å². The van der Waals surface area contributed by atoms with Crippen LogP contribution in [0.3, 0.4) is 0 Å². The standard InChI is InChI=1S/C21H22N4O/c1-21(2,3)24-19-16(20-23-17-7-5-6-8-18(17)26-20)11-15(12-22-19)14-9-10-25(4)13-14/h5-13H,1-4H3,(H,22,24). The maximum atomic E-state index is 6.01. The Labute approximate surface area is 152 Å². The molecule has 3 aromatic heterocycles. The largest absolute Gasteiger partial charge is 0.436 e. The van der Waals surface area contributed by atoms with Gasteiger partial charge in [-0.1, -0.05) is 12.1 Å². The highest BCUT2D eigenvalue weighted by Crippen LogP contribution is 2.33. The van der Waals surface area contributed by atoms with Crippen molar-refractivity contribution in [2.75, 3.05) is 5.32 Å². The van der Waals surface area contributed by atoms with E-state index in [1.165, 1.54) is 0 Å². The van der Waals surface area contributed by atoms with Crippen molar-refractivity contribution in [2.45, 2.75) is 26.3 Å². The molecule has 3 heterocycles. The Kier molecular flexibility index (Phi) is 3.80. The third-order valence-electron chi connectivity index (χ3n) is 4.07. The molecule has 0 saturated carbocycles. The first-order valence-corrected chi connectivity index (χ1v) is 8.65. The lowest BCUT2D eigenvalue weighted by molar-refractivity contribution is 0.614. The average Bonchev–Trinajstić information content (AvgIpc) is 3.19. The van der Waals surface area contributed by atoms with Gasteiger partial charge >= 0.3 is 0 Å². The van der Waals surface area contributed by atoms with Crippen LogP contribution in [0.4, 0.5) is 5.82 Å². The van der Waals surface area contributed by atoms with Gasteiger partial charge in [-0.2, -0.15) is 0 Å². The molecule has 0 saturated heterocycles. The molecule has 0 bridgehead atoms. The summed E-state index contributed by atoms with van der Waals surface area (Å²) < 4.78 is 8.03. The number of oxazole rings is 1. The topological polar surface area (TPSA) is 55.9 Å². The highest BCUT2D eigenvalue weighted by molar-refractivity contribution is 5.81.